The maximum atomic E-state index is 5.23. The molecule has 3 heterocycles. The van der Waals surface area contributed by atoms with Gasteiger partial charge in [-0.3, -0.25) is 5.10 Å². The second-order valence-corrected chi connectivity index (χ2v) is 5.13. The number of nitrogens with one attached hydrogen (secondary N) is 2. The van der Waals surface area contributed by atoms with Crippen LogP contribution in [0.2, 0.25) is 0 Å². The molecule has 0 saturated heterocycles. The van der Waals surface area contributed by atoms with Crippen molar-refractivity contribution in [1.29, 1.82) is 0 Å². The monoisotopic (exact) mass is 287 g/mol. The van der Waals surface area contributed by atoms with E-state index in [0.29, 0.717) is 6.61 Å². The maximum absolute atomic E-state index is 5.23. The van der Waals surface area contributed by atoms with E-state index in [1.54, 1.807) is 30.8 Å². The summed E-state index contributed by atoms with van der Waals surface area (Å²) in [6, 6.07) is 5.70. The van der Waals surface area contributed by atoms with Crippen LogP contribution in [0.15, 0.2) is 36.8 Å². The highest BCUT2D eigenvalue weighted by molar-refractivity contribution is 7.16. The molecule has 0 amide bonds. The average molecular weight is 287 g/mol. The number of nitrogens with zero attached hydrogens (tertiary/aromatic N) is 3. The van der Waals surface area contributed by atoms with E-state index in [0.717, 1.165) is 27.1 Å². The number of methoxy groups -OCH3 is 1. The highest BCUT2D eigenvalue weighted by Crippen LogP contribution is 2.32. The SMILES string of the molecule is COCc1sc(Nc2ccccn2)nc1-c1cn[nH]c1. The fraction of sp³-hybridized carbons (Fsp3) is 0.154. The van der Waals surface area contributed by atoms with E-state index < -0.39 is 0 Å². The van der Waals surface area contributed by atoms with Crippen LogP contribution >= 0.6 is 11.3 Å². The van der Waals surface area contributed by atoms with Gasteiger partial charge in [0.15, 0.2) is 5.13 Å². The molecule has 0 radical (unpaired) electrons. The predicted octanol–water partition coefficient (Wildman–Crippen LogP) is 2.82. The Morgan fingerprint density at radius 2 is 2.35 bits per heavy atom. The lowest BCUT2D eigenvalue weighted by molar-refractivity contribution is 0.188. The van der Waals surface area contributed by atoms with Crippen LogP contribution in [0, 0.1) is 0 Å². The van der Waals surface area contributed by atoms with Crippen LogP contribution in [0.25, 0.3) is 11.3 Å². The molecule has 6 nitrogen and oxygen atoms in total. The van der Waals surface area contributed by atoms with Gasteiger partial charge in [0.2, 0.25) is 0 Å². The fourth-order valence-corrected chi connectivity index (χ4v) is 2.75. The van der Waals surface area contributed by atoms with E-state index in [9.17, 15) is 0 Å². The number of thiazole rings is 1. The summed E-state index contributed by atoms with van der Waals surface area (Å²) in [7, 11) is 1.67. The molecule has 0 aliphatic rings. The number of anilines is 2. The van der Waals surface area contributed by atoms with E-state index in [1.165, 1.54) is 0 Å². The number of hydrogen-bond acceptors (Lipinski definition) is 6. The molecule has 0 aromatic carbocycles. The van der Waals surface area contributed by atoms with Gasteiger partial charge in [0, 0.05) is 25.1 Å². The number of pyridine rings is 1. The quantitative estimate of drug-likeness (QED) is 0.754. The third kappa shape index (κ3) is 2.68. The molecular weight excluding hydrogens is 274 g/mol. The van der Waals surface area contributed by atoms with Gasteiger partial charge < -0.3 is 10.1 Å². The molecule has 0 atom stereocenters. The Bertz CT molecular complexity index is 665. The summed E-state index contributed by atoms with van der Waals surface area (Å²) >= 11 is 1.55. The molecule has 0 saturated carbocycles. The summed E-state index contributed by atoms with van der Waals surface area (Å²) in [5.74, 6) is 0.768. The first-order chi connectivity index (χ1) is 9.86. The molecule has 102 valence electrons. The second-order valence-electron chi connectivity index (χ2n) is 4.05. The van der Waals surface area contributed by atoms with Gasteiger partial charge in [-0.2, -0.15) is 5.10 Å². The van der Waals surface area contributed by atoms with Gasteiger partial charge in [0.1, 0.15) is 5.82 Å². The lowest BCUT2D eigenvalue weighted by atomic mass is 10.2. The largest absolute Gasteiger partial charge is 0.379 e. The van der Waals surface area contributed by atoms with Gasteiger partial charge in [-0.1, -0.05) is 17.4 Å². The van der Waals surface area contributed by atoms with Gasteiger partial charge in [0.05, 0.1) is 23.4 Å². The highest BCUT2D eigenvalue weighted by atomic mass is 32.1. The summed E-state index contributed by atoms with van der Waals surface area (Å²) < 4.78 is 5.23. The third-order valence-electron chi connectivity index (χ3n) is 2.64. The summed E-state index contributed by atoms with van der Waals surface area (Å²) in [5, 5.41) is 10.7. The Hall–Kier alpha value is -2.25. The van der Waals surface area contributed by atoms with E-state index >= 15 is 0 Å². The Labute approximate surface area is 119 Å². The Morgan fingerprint density at radius 1 is 1.40 bits per heavy atom. The molecule has 3 aromatic heterocycles. The standard InChI is InChI=1S/C13H13N5OS/c1-19-8-10-12(9-6-15-16-7-9)18-13(20-10)17-11-4-2-3-5-14-11/h2-7H,8H2,1H3,(H,15,16)(H,14,17,18). The average Bonchev–Trinajstić information content (AvgIpc) is 3.10. The molecular formula is C13H13N5OS. The Morgan fingerprint density at radius 3 is 3.05 bits per heavy atom. The number of H-pyrrole nitrogens is 1. The van der Waals surface area contributed by atoms with Crippen LogP contribution < -0.4 is 5.32 Å². The zero-order valence-electron chi connectivity index (χ0n) is 10.8. The fourth-order valence-electron chi connectivity index (χ4n) is 1.79. The number of ether oxygens (including phenoxy) is 1. The van der Waals surface area contributed by atoms with Crippen molar-refractivity contribution >= 4 is 22.3 Å². The van der Waals surface area contributed by atoms with Crippen LogP contribution in [0.1, 0.15) is 4.88 Å². The van der Waals surface area contributed by atoms with Gasteiger partial charge in [0.25, 0.3) is 0 Å². The minimum Gasteiger partial charge on any atom is -0.379 e. The van der Waals surface area contributed by atoms with E-state index in [4.69, 9.17) is 4.74 Å². The molecule has 2 N–H and O–H groups in total. The normalized spacial score (nSPS) is 10.7. The minimum absolute atomic E-state index is 0.516. The van der Waals surface area contributed by atoms with Crippen LogP contribution in [-0.2, 0) is 11.3 Å². The summed E-state index contributed by atoms with van der Waals surface area (Å²) in [4.78, 5) is 9.87. The summed E-state index contributed by atoms with van der Waals surface area (Å²) in [6.07, 6.45) is 5.31. The van der Waals surface area contributed by atoms with Crippen molar-refractivity contribution in [1.82, 2.24) is 20.2 Å². The Kier molecular flexibility index (Phi) is 3.71. The molecule has 0 spiro atoms. The molecule has 0 bridgehead atoms. The number of aromatic amines is 1. The zero-order chi connectivity index (χ0) is 13.8. The van der Waals surface area contributed by atoms with Gasteiger partial charge in [-0.25, -0.2) is 9.97 Å². The molecule has 7 heteroatoms. The van der Waals surface area contributed by atoms with Gasteiger partial charge in [-0.15, -0.1) is 0 Å². The van der Waals surface area contributed by atoms with E-state index in [-0.39, 0.29) is 0 Å². The van der Waals surface area contributed by atoms with Crippen LogP contribution in [-0.4, -0.2) is 27.3 Å². The predicted molar refractivity (Wildman–Crippen MR) is 77.9 cm³/mol. The first-order valence-electron chi connectivity index (χ1n) is 6.02. The van der Waals surface area contributed by atoms with Crippen molar-refractivity contribution in [3.8, 4) is 11.3 Å². The number of aromatic nitrogens is 4. The van der Waals surface area contributed by atoms with Crippen LogP contribution in [0.4, 0.5) is 10.9 Å². The molecule has 20 heavy (non-hydrogen) atoms. The topological polar surface area (TPSA) is 75.7 Å². The number of rotatable bonds is 5. The first kappa shape index (κ1) is 12.8. The molecule has 3 rings (SSSR count). The van der Waals surface area contributed by atoms with Gasteiger partial charge in [-0.05, 0) is 12.1 Å². The van der Waals surface area contributed by atoms with Crippen LogP contribution in [0.5, 0.6) is 0 Å². The van der Waals surface area contributed by atoms with Crippen molar-refractivity contribution in [3.05, 3.63) is 41.7 Å². The second kappa shape index (κ2) is 5.81. The van der Waals surface area contributed by atoms with E-state index in [1.807, 2.05) is 24.4 Å². The maximum Gasteiger partial charge on any atom is 0.189 e. The smallest absolute Gasteiger partial charge is 0.189 e. The molecule has 3 aromatic rings. The van der Waals surface area contributed by atoms with E-state index in [2.05, 4.69) is 25.5 Å². The molecule has 0 fully saturated rings. The van der Waals surface area contributed by atoms with Gasteiger partial charge >= 0.3 is 0 Å². The highest BCUT2D eigenvalue weighted by Gasteiger charge is 2.14. The summed E-state index contributed by atoms with van der Waals surface area (Å²) in [6.45, 7) is 0.516. The van der Waals surface area contributed by atoms with Crippen molar-refractivity contribution in [2.24, 2.45) is 0 Å². The lowest BCUT2D eigenvalue weighted by Crippen LogP contribution is -1.91. The lowest BCUT2D eigenvalue weighted by Gasteiger charge is -1.99. The summed E-state index contributed by atoms with van der Waals surface area (Å²) in [5.41, 5.74) is 1.83. The van der Waals surface area contributed by atoms with Crippen molar-refractivity contribution in [2.45, 2.75) is 6.61 Å². The third-order valence-corrected chi connectivity index (χ3v) is 3.59. The van der Waals surface area contributed by atoms with Crippen molar-refractivity contribution < 1.29 is 4.74 Å². The number of hydrogen-bond donors (Lipinski definition) is 2. The molecule has 0 unspecified atom stereocenters. The van der Waals surface area contributed by atoms with Crippen LogP contribution in [0.3, 0.4) is 0 Å². The molecule has 0 aliphatic carbocycles. The Balaban J connectivity index is 1.91. The minimum atomic E-state index is 0.516. The molecule has 0 aliphatic heterocycles. The zero-order valence-corrected chi connectivity index (χ0v) is 11.6. The van der Waals surface area contributed by atoms with Crippen molar-refractivity contribution in [2.75, 3.05) is 12.4 Å². The first-order valence-corrected chi connectivity index (χ1v) is 6.84. The van der Waals surface area contributed by atoms with Crippen molar-refractivity contribution in [3.63, 3.8) is 0 Å².